The number of benzene rings is 1. The minimum Gasteiger partial charge on any atom is -0.467 e. The third-order valence-electron chi connectivity index (χ3n) is 2.31. The number of hydrogen-bond donors (Lipinski definition) is 2. The summed E-state index contributed by atoms with van der Waals surface area (Å²) in [6.45, 7) is 0. The van der Waals surface area contributed by atoms with Crippen LogP contribution in [0.15, 0.2) is 35.2 Å². The van der Waals surface area contributed by atoms with Crippen LogP contribution < -0.4 is 19.7 Å². The van der Waals surface area contributed by atoms with E-state index in [4.69, 9.17) is 9.47 Å². The molecule has 0 unspecified atom stereocenters. The maximum Gasteiger partial charge on any atom is 0.324 e. The SMILES string of the molecule is COc1nc(NNS(=O)(=O)c2ccccc2)nc(OC)n1. The summed E-state index contributed by atoms with van der Waals surface area (Å²) in [7, 11) is -1.01. The van der Waals surface area contributed by atoms with Gasteiger partial charge in [-0.15, -0.1) is 9.82 Å². The maximum atomic E-state index is 12.0. The zero-order chi connectivity index (χ0) is 15.3. The van der Waals surface area contributed by atoms with Crippen molar-refractivity contribution < 1.29 is 17.9 Å². The van der Waals surface area contributed by atoms with Gasteiger partial charge in [0.25, 0.3) is 10.0 Å². The van der Waals surface area contributed by atoms with Crippen molar-refractivity contribution in [2.75, 3.05) is 19.6 Å². The van der Waals surface area contributed by atoms with Crippen LogP contribution in [0.1, 0.15) is 0 Å². The first-order chi connectivity index (χ1) is 10.0. The Morgan fingerprint density at radius 2 is 1.52 bits per heavy atom. The molecule has 1 aromatic carbocycles. The van der Waals surface area contributed by atoms with Gasteiger partial charge in [-0.05, 0) is 12.1 Å². The standard InChI is InChI=1S/C11H13N5O4S/c1-19-10-12-9(13-11(14-10)20-2)15-16-21(17,18)8-6-4-3-5-7-8/h3-7,16H,1-2H3,(H,12,13,14,15). The minimum absolute atomic E-state index is 0.0109. The number of methoxy groups -OCH3 is 2. The highest BCUT2D eigenvalue weighted by molar-refractivity contribution is 7.89. The van der Waals surface area contributed by atoms with Crippen molar-refractivity contribution in [3.8, 4) is 12.0 Å². The Morgan fingerprint density at radius 3 is 2.05 bits per heavy atom. The average molecular weight is 311 g/mol. The average Bonchev–Trinajstić information content (AvgIpc) is 2.53. The third-order valence-corrected chi connectivity index (χ3v) is 3.57. The van der Waals surface area contributed by atoms with E-state index in [0.717, 1.165) is 0 Å². The molecule has 112 valence electrons. The highest BCUT2D eigenvalue weighted by atomic mass is 32.2. The van der Waals surface area contributed by atoms with Crippen LogP contribution in [0.4, 0.5) is 5.95 Å². The highest BCUT2D eigenvalue weighted by Crippen LogP contribution is 2.12. The molecule has 1 heterocycles. The van der Waals surface area contributed by atoms with Crippen LogP contribution >= 0.6 is 0 Å². The molecule has 0 radical (unpaired) electrons. The summed E-state index contributed by atoms with van der Waals surface area (Å²) < 4.78 is 33.7. The lowest BCUT2D eigenvalue weighted by Crippen LogP contribution is -2.30. The van der Waals surface area contributed by atoms with Gasteiger partial charge >= 0.3 is 12.0 Å². The van der Waals surface area contributed by atoms with Gasteiger partial charge in [0.2, 0.25) is 5.95 Å². The van der Waals surface area contributed by atoms with E-state index in [2.05, 4.69) is 25.2 Å². The molecule has 9 nitrogen and oxygen atoms in total. The minimum atomic E-state index is -3.74. The van der Waals surface area contributed by atoms with Crippen molar-refractivity contribution in [1.29, 1.82) is 0 Å². The van der Waals surface area contributed by atoms with Gasteiger partial charge in [-0.2, -0.15) is 9.97 Å². The molecule has 0 aliphatic heterocycles. The summed E-state index contributed by atoms with van der Waals surface area (Å²) in [6.07, 6.45) is 0. The fraction of sp³-hybridized carbons (Fsp3) is 0.182. The van der Waals surface area contributed by atoms with Gasteiger partial charge < -0.3 is 9.47 Å². The molecule has 0 amide bonds. The van der Waals surface area contributed by atoms with Crippen molar-refractivity contribution in [2.45, 2.75) is 4.90 Å². The topological polar surface area (TPSA) is 115 Å². The van der Waals surface area contributed by atoms with E-state index >= 15 is 0 Å². The van der Waals surface area contributed by atoms with Gasteiger partial charge in [0, 0.05) is 0 Å². The van der Waals surface area contributed by atoms with Crippen LogP contribution in [0.2, 0.25) is 0 Å². The number of rotatable bonds is 6. The van der Waals surface area contributed by atoms with E-state index < -0.39 is 10.0 Å². The number of nitrogens with zero attached hydrogens (tertiary/aromatic N) is 3. The fourth-order valence-corrected chi connectivity index (χ4v) is 2.21. The second-order valence-electron chi connectivity index (χ2n) is 3.68. The van der Waals surface area contributed by atoms with Crippen LogP contribution in [0.3, 0.4) is 0 Å². The zero-order valence-corrected chi connectivity index (χ0v) is 12.1. The monoisotopic (exact) mass is 311 g/mol. The van der Waals surface area contributed by atoms with Crippen molar-refractivity contribution >= 4 is 16.0 Å². The molecule has 21 heavy (non-hydrogen) atoms. The van der Waals surface area contributed by atoms with E-state index in [-0.39, 0.29) is 22.9 Å². The smallest absolute Gasteiger partial charge is 0.324 e. The van der Waals surface area contributed by atoms with E-state index in [1.807, 2.05) is 0 Å². The fourth-order valence-electron chi connectivity index (χ4n) is 1.35. The molecule has 10 heteroatoms. The third kappa shape index (κ3) is 3.77. The molecule has 2 N–H and O–H groups in total. The Bertz CT molecular complexity index is 686. The Morgan fingerprint density at radius 1 is 0.952 bits per heavy atom. The van der Waals surface area contributed by atoms with Crippen LogP contribution in [-0.2, 0) is 10.0 Å². The number of hydrogen-bond acceptors (Lipinski definition) is 8. The summed E-state index contributed by atoms with van der Waals surface area (Å²) in [5.41, 5.74) is 2.37. The zero-order valence-electron chi connectivity index (χ0n) is 11.3. The highest BCUT2D eigenvalue weighted by Gasteiger charge is 2.14. The van der Waals surface area contributed by atoms with Crippen LogP contribution in [-0.4, -0.2) is 37.6 Å². The van der Waals surface area contributed by atoms with Crippen molar-refractivity contribution in [3.63, 3.8) is 0 Å². The molecule has 0 saturated carbocycles. The Balaban J connectivity index is 2.16. The quantitative estimate of drug-likeness (QED) is 0.727. The lowest BCUT2D eigenvalue weighted by atomic mass is 10.4. The van der Waals surface area contributed by atoms with Crippen LogP contribution in [0.5, 0.6) is 12.0 Å². The molecule has 2 aromatic rings. The summed E-state index contributed by atoms with van der Waals surface area (Å²) >= 11 is 0. The van der Waals surface area contributed by atoms with Gasteiger partial charge in [0.1, 0.15) is 0 Å². The molecule has 0 atom stereocenters. The number of anilines is 1. The lowest BCUT2D eigenvalue weighted by Gasteiger charge is -2.09. The predicted octanol–water partition coefficient (Wildman–Crippen LogP) is 0.194. The number of ether oxygens (including phenoxy) is 2. The second kappa shape index (κ2) is 6.33. The molecule has 0 fully saturated rings. The molecule has 1 aromatic heterocycles. The molecular formula is C11H13N5O4S. The lowest BCUT2D eigenvalue weighted by molar-refractivity contribution is 0.341. The first-order valence-corrected chi connectivity index (χ1v) is 7.20. The molecule has 0 saturated heterocycles. The van der Waals surface area contributed by atoms with E-state index in [1.54, 1.807) is 18.2 Å². The normalized spacial score (nSPS) is 11.0. The summed E-state index contributed by atoms with van der Waals surface area (Å²) in [4.78, 5) is 13.7. The summed E-state index contributed by atoms with van der Waals surface area (Å²) in [6, 6.07) is 7.84. The molecule has 0 bridgehead atoms. The largest absolute Gasteiger partial charge is 0.467 e. The second-order valence-corrected chi connectivity index (χ2v) is 5.36. The first kappa shape index (κ1) is 14.9. The van der Waals surface area contributed by atoms with E-state index in [1.165, 1.54) is 26.4 Å². The van der Waals surface area contributed by atoms with Crippen LogP contribution in [0.25, 0.3) is 0 Å². The molecule has 2 rings (SSSR count). The number of sulfonamides is 1. The van der Waals surface area contributed by atoms with Gasteiger partial charge in [0.05, 0.1) is 19.1 Å². The number of nitrogens with one attached hydrogen (secondary N) is 2. The predicted molar refractivity (Wildman–Crippen MR) is 73.3 cm³/mol. The van der Waals surface area contributed by atoms with Gasteiger partial charge in [-0.3, -0.25) is 5.43 Å². The number of aromatic nitrogens is 3. The molecule has 0 aliphatic rings. The van der Waals surface area contributed by atoms with Crippen LogP contribution in [0, 0.1) is 0 Å². The number of hydrazine groups is 1. The molecular weight excluding hydrogens is 298 g/mol. The van der Waals surface area contributed by atoms with Gasteiger partial charge in [0.15, 0.2) is 0 Å². The van der Waals surface area contributed by atoms with E-state index in [9.17, 15) is 8.42 Å². The van der Waals surface area contributed by atoms with Crippen molar-refractivity contribution in [2.24, 2.45) is 0 Å². The maximum absolute atomic E-state index is 12.0. The molecule has 0 aliphatic carbocycles. The van der Waals surface area contributed by atoms with E-state index in [0.29, 0.717) is 0 Å². The summed E-state index contributed by atoms with van der Waals surface area (Å²) in [5.74, 6) is -0.0572. The molecule has 0 spiro atoms. The Kier molecular flexibility index (Phi) is 4.50. The van der Waals surface area contributed by atoms with Crippen molar-refractivity contribution in [3.05, 3.63) is 30.3 Å². The van der Waals surface area contributed by atoms with Gasteiger partial charge in [-0.25, -0.2) is 8.42 Å². The van der Waals surface area contributed by atoms with Gasteiger partial charge in [-0.1, -0.05) is 18.2 Å². The van der Waals surface area contributed by atoms with Crippen molar-refractivity contribution in [1.82, 2.24) is 19.8 Å². The summed E-state index contributed by atoms with van der Waals surface area (Å²) in [5, 5.41) is 0. The first-order valence-electron chi connectivity index (χ1n) is 5.72. The Labute approximate surface area is 121 Å². The Hall–Kier alpha value is -2.46.